The number of nitrogens with zero attached hydrogens (tertiary/aromatic N) is 1. The number of thiophene rings is 1. The van der Waals surface area contributed by atoms with Crippen LogP contribution in [0.4, 0.5) is 4.39 Å². The van der Waals surface area contributed by atoms with Gasteiger partial charge in [0.25, 0.3) is 5.56 Å². The number of benzene rings is 1. The van der Waals surface area contributed by atoms with Crippen LogP contribution in [0.5, 0.6) is 0 Å². The summed E-state index contributed by atoms with van der Waals surface area (Å²) >= 11 is 1.47. The molecule has 0 aliphatic heterocycles. The normalized spacial score (nSPS) is 13.9. The molecule has 0 amide bonds. The van der Waals surface area contributed by atoms with Crippen molar-refractivity contribution >= 4 is 34.6 Å². The summed E-state index contributed by atoms with van der Waals surface area (Å²) in [6, 6.07) is 3.17. The number of nitrogens with one attached hydrogen (secondary N) is 1. The number of H-pyrrole nitrogens is 1. The molecule has 0 unspecified atom stereocenters. The Morgan fingerprint density at radius 3 is 2.68 bits per heavy atom. The maximum absolute atomic E-state index is 14.7. The molecule has 1 aliphatic carbocycles. The molecule has 1 fully saturated rings. The number of aromatic amines is 1. The molecule has 2 aromatic heterocycles. The lowest BCUT2D eigenvalue weighted by molar-refractivity contribution is 0.630. The van der Waals surface area contributed by atoms with E-state index in [0.717, 1.165) is 23.3 Å². The van der Waals surface area contributed by atoms with Crippen molar-refractivity contribution in [1.29, 1.82) is 0 Å². The molecule has 25 heavy (non-hydrogen) atoms. The summed E-state index contributed by atoms with van der Waals surface area (Å²) in [4.78, 5) is 27.7. The summed E-state index contributed by atoms with van der Waals surface area (Å²) in [5.41, 5.74) is 6.97. The van der Waals surface area contributed by atoms with Crippen LogP contribution in [0.1, 0.15) is 29.3 Å². The molecular formula is C17H17ClFN3O2S. The highest BCUT2D eigenvalue weighted by Gasteiger charge is 2.29. The highest BCUT2D eigenvalue weighted by atomic mass is 35.5. The van der Waals surface area contributed by atoms with Crippen LogP contribution in [-0.4, -0.2) is 9.55 Å². The van der Waals surface area contributed by atoms with Crippen LogP contribution in [0.2, 0.25) is 0 Å². The summed E-state index contributed by atoms with van der Waals surface area (Å²) in [5, 5.41) is 2.07. The molecule has 1 aromatic carbocycles. The van der Waals surface area contributed by atoms with Crippen molar-refractivity contribution < 1.29 is 4.39 Å². The highest BCUT2D eigenvalue weighted by Crippen LogP contribution is 2.39. The van der Waals surface area contributed by atoms with Gasteiger partial charge in [0.05, 0.1) is 10.9 Å². The fourth-order valence-corrected chi connectivity index (χ4v) is 3.99. The number of rotatable bonds is 3. The zero-order chi connectivity index (χ0) is 17.0. The Hall–Kier alpha value is -1.96. The molecule has 3 N–H and O–H groups in total. The highest BCUT2D eigenvalue weighted by molar-refractivity contribution is 7.10. The molecule has 0 atom stereocenters. The van der Waals surface area contributed by atoms with Crippen LogP contribution >= 0.6 is 23.7 Å². The molecule has 1 aliphatic rings. The van der Waals surface area contributed by atoms with E-state index in [1.807, 2.05) is 11.4 Å². The van der Waals surface area contributed by atoms with Gasteiger partial charge in [0.1, 0.15) is 5.82 Å². The summed E-state index contributed by atoms with van der Waals surface area (Å²) in [6.45, 7) is 2.16. The van der Waals surface area contributed by atoms with E-state index < -0.39 is 17.1 Å². The van der Waals surface area contributed by atoms with Crippen molar-refractivity contribution in [2.24, 2.45) is 5.73 Å². The molecule has 2 heterocycles. The van der Waals surface area contributed by atoms with Crippen molar-refractivity contribution in [2.75, 3.05) is 0 Å². The first-order chi connectivity index (χ1) is 11.5. The van der Waals surface area contributed by atoms with E-state index in [1.165, 1.54) is 17.4 Å². The first-order valence-corrected chi connectivity index (χ1v) is 8.64. The lowest BCUT2D eigenvalue weighted by Gasteiger charge is -2.14. The van der Waals surface area contributed by atoms with Gasteiger partial charge in [-0.05, 0) is 48.4 Å². The molecule has 1 saturated carbocycles. The SMILES string of the molecule is Cc1c(-c2csc(CN)c2)c(F)cc2c(=O)[nH]c(=O)n(C3CC3)c12.Cl. The number of nitrogens with two attached hydrogens (primary N) is 1. The van der Waals surface area contributed by atoms with Crippen molar-refractivity contribution in [3.05, 3.63) is 54.6 Å². The van der Waals surface area contributed by atoms with E-state index >= 15 is 0 Å². The largest absolute Gasteiger partial charge is 0.329 e. The van der Waals surface area contributed by atoms with E-state index in [-0.39, 0.29) is 23.8 Å². The van der Waals surface area contributed by atoms with Crippen LogP contribution in [0, 0.1) is 12.7 Å². The van der Waals surface area contributed by atoms with Crippen molar-refractivity contribution in [3.63, 3.8) is 0 Å². The number of aromatic nitrogens is 2. The lowest BCUT2D eigenvalue weighted by atomic mass is 9.99. The van der Waals surface area contributed by atoms with Crippen LogP contribution in [-0.2, 0) is 6.54 Å². The molecule has 0 bridgehead atoms. The molecule has 4 rings (SSSR count). The van der Waals surface area contributed by atoms with Crippen LogP contribution in [0.25, 0.3) is 22.0 Å². The van der Waals surface area contributed by atoms with Gasteiger partial charge >= 0.3 is 5.69 Å². The minimum Gasteiger partial charge on any atom is -0.326 e. The number of hydrogen-bond acceptors (Lipinski definition) is 4. The fourth-order valence-electron chi connectivity index (χ4n) is 3.23. The minimum absolute atomic E-state index is 0. The van der Waals surface area contributed by atoms with Crippen LogP contribution < -0.4 is 17.0 Å². The van der Waals surface area contributed by atoms with Crippen molar-refractivity contribution in [2.45, 2.75) is 32.4 Å². The second kappa shape index (κ2) is 6.40. The predicted molar refractivity (Wildman–Crippen MR) is 100 cm³/mol. The zero-order valence-corrected chi connectivity index (χ0v) is 15.1. The van der Waals surface area contributed by atoms with Gasteiger partial charge in [-0.2, -0.15) is 0 Å². The second-order valence-electron chi connectivity index (χ2n) is 6.12. The van der Waals surface area contributed by atoms with Crippen LogP contribution in [0.3, 0.4) is 0 Å². The predicted octanol–water partition coefficient (Wildman–Crippen LogP) is 3.08. The maximum Gasteiger partial charge on any atom is 0.329 e. The minimum atomic E-state index is -0.548. The summed E-state index contributed by atoms with van der Waals surface area (Å²) in [5.74, 6) is -0.465. The molecular weight excluding hydrogens is 365 g/mol. The maximum atomic E-state index is 14.7. The fraction of sp³-hybridized carbons (Fsp3) is 0.294. The summed E-state index contributed by atoms with van der Waals surface area (Å²) in [7, 11) is 0. The molecule has 0 radical (unpaired) electrons. The Balaban J connectivity index is 0.00000182. The molecule has 3 aromatic rings. The second-order valence-corrected chi connectivity index (χ2v) is 7.12. The standard InChI is InChI=1S/C17H16FN3O2S.ClH/c1-8-14(9-4-11(6-19)24-7-9)13(18)5-12-15(8)21(10-2-3-10)17(23)20-16(12)22;/h4-5,7,10H,2-3,6,19H2,1H3,(H,20,22,23);1H. The number of aryl methyl sites for hydroxylation is 1. The van der Waals surface area contributed by atoms with Gasteiger partial charge in [0.15, 0.2) is 0 Å². The molecule has 0 saturated heterocycles. The number of halogens is 2. The van der Waals surface area contributed by atoms with E-state index in [0.29, 0.717) is 23.2 Å². The lowest BCUT2D eigenvalue weighted by Crippen LogP contribution is -2.30. The van der Waals surface area contributed by atoms with E-state index in [4.69, 9.17) is 5.73 Å². The van der Waals surface area contributed by atoms with Gasteiger partial charge in [-0.1, -0.05) is 0 Å². The molecule has 5 nitrogen and oxygen atoms in total. The Kier molecular flexibility index (Phi) is 4.57. The zero-order valence-electron chi connectivity index (χ0n) is 13.5. The van der Waals surface area contributed by atoms with E-state index in [2.05, 4.69) is 4.98 Å². The van der Waals surface area contributed by atoms with Crippen molar-refractivity contribution in [1.82, 2.24) is 9.55 Å². The van der Waals surface area contributed by atoms with Gasteiger partial charge in [-0.25, -0.2) is 9.18 Å². The summed E-state index contributed by atoms with van der Waals surface area (Å²) in [6.07, 6.45) is 1.78. The Morgan fingerprint density at radius 2 is 2.08 bits per heavy atom. The third-order valence-corrected chi connectivity index (χ3v) is 5.43. The summed E-state index contributed by atoms with van der Waals surface area (Å²) < 4.78 is 16.3. The molecule has 132 valence electrons. The Morgan fingerprint density at radius 1 is 1.36 bits per heavy atom. The monoisotopic (exact) mass is 381 g/mol. The Labute approximate surface area is 152 Å². The van der Waals surface area contributed by atoms with E-state index in [1.54, 1.807) is 11.5 Å². The topological polar surface area (TPSA) is 80.9 Å². The number of hydrogen-bond donors (Lipinski definition) is 2. The van der Waals surface area contributed by atoms with Gasteiger partial charge in [0.2, 0.25) is 0 Å². The van der Waals surface area contributed by atoms with Gasteiger partial charge < -0.3 is 5.73 Å². The quantitative estimate of drug-likeness (QED) is 0.731. The Bertz CT molecular complexity index is 1080. The third-order valence-electron chi connectivity index (χ3n) is 4.48. The van der Waals surface area contributed by atoms with Crippen LogP contribution in [0.15, 0.2) is 27.1 Å². The molecule has 0 spiro atoms. The van der Waals surface area contributed by atoms with Crippen molar-refractivity contribution in [3.8, 4) is 11.1 Å². The average molecular weight is 382 g/mol. The van der Waals surface area contributed by atoms with Gasteiger partial charge in [0, 0.05) is 23.0 Å². The first kappa shape index (κ1) is 17.8. The third kappa shape index (κ3) is 2.82. The number of fused-ring (bicyclic) bond motifs is 1. The smallest absolute Gasteiger partial charge is 0.326 e. The average Bonchev–Trinajstić information content (AvgIpc) is 3.26. The van der Waals surface area contributed by atoms with Gasteiger partial charge in [-0.3, -0.25) is 14.3 Å². The molecule has 8 heteroatoms. The van der Waals surface area contributed by atoms with Gasteiger partial charge in [-0.15, -0.1) is 23.7 Å². The van der Waals surface area contributed by atoms with E-state index in [9.17, 15) is 14.0 Å². The first-order valence-electron chi connectivity index (χ1n) is 7.76.